The maximum Gasteiger partial charge on any atom is 0.332 e. The van der Waals surface area contributed by atoms with Crippen molar-refractivity contribution in [1.82, 2.24) is 24.0 Å². The zero-order chi connectivity index (χ0) is 21.5. The van der Waals surface area contributed by atoms with Crippen molar-refractivity contribution >= 4 is 40.4 Å². The summed E-state index contributed by atoms with van der Waals surface area (Å²) in [4.78, 5) is 53.0. The van der Waals surface area contributed by atoms with Crippen LogP contribution in [0, 0.1) is 13.8 Å². The summed E-state index contributed by atoms with van der Waals surface area (Å²) in [7, 11) is 2.75. The molecule has 0 aliphatic rings. The molecular formula is C18H19ClN6O4. The fourth-order valence-corrected chi connectivity index (χ4v) is 3.14. The van der Waals surface area contributed by atoms with E-state index in [0.29, 0.717) is 5.69 Å². The van der Waals surface area contributed by atoms with Gasteiger partial charge in [0.1, 0.15) is 6.54 Å². The highest BCUT2D eigenvalue weighted by molar-refractivity contribution is 6.29. The van der Waals surface area contributed by atoms with Gasteiger partial charge in [0.2, 0.25) is 11.2 Å². The number of hydrogen-bond acceptors (Lipinski definition) is 5. The minimum Gasteiger partial charge on any atom is -0.307 e. The predicted octanol–water partition coefficient (Wildman–Crippen LogP) is 1.05. The minimum atomic E-state index is -0.718. The van der Waals surface area contributed by atoms with Gasteiger partial charge in [0, 0.05) is 19.8 Å². The molecule has 152 valence electrons. The molecule has 2 heterocycles. The maximum absolute atomic E-state index is 12.5. The van der Waals surface area contributed by atoms with Crippen LogP contribution >= 0.6 is 11.6 Å². The van der Waals surface area contributed by atoms with E-state index in [0.717, 1.165) is 24.8 Å². The first-order valence-electron chi connectivity index (χ1n) is 8.60. The second kappa shape index (κ2) is 7.55. The van der Waals surface area contributed by atoms with Crippen LogP contribution in [0.2, 0.25) is 5.28 Å². The third-order valence-corrected chi connectivity index (χ3v) is 5.00. The average molecular weight is 419 g/mol. The number of imidazole rings is 1. The summed E-state index contributed by atoms with van der Waals surface area (Å²) in [5, 5.41) is 4.65. The molecule has 3 rings (SSSR count). The molecule has 0 saturated carbocycles. The summed E-state index contributed by atoms with van der Waals surface area (Å²) >= 11 is 6.07. The summed E-state index contributed by atoms with van der Waals surface area (Å²) in [5.41, 5.74) is 1.28. The SMILES string of the molecule is Cc1cccc(NC(=O)NC(=O)Cn2c(Cl)nc3c2c(=O)n(C)c(=O)n3C)c1C. The molecule has 2 aromatic heterocycles. The lowest BCUT2D eigenvalue weighted by atomic mass is 10.1. The lowest BCUT2D eigenvalue weighted by Gasteiger charge is -2.11. The summed E-state index contributed by atoms with van der Waals surface area (Å²) < 4.78 is 3.20. The third-order valence-electron chi connectivity index (χ3n) is 4.71. The number of nitrogens with one attached hydrogen (secondary N) is 2. The molecule has 1 aromatic carbocycles. The first-order valence-corrected chi connectivity index (χ1v) is 8.98. The number of fused-ring (bicyclic) bond motifs is 1. The highest BCUT2D eigenvalue weighted by Gasteiger charge is 2.20. The Morgan fingerprint density at radius 2 is 1.83 bits per heavy atom. The molecule has 0 bridgehead atoms. The van der Waals surface area contributed by atoms with E-state index >= 15 is 0 Å². The van der Waals surface area contributed by atoms with E-state index in [1.165, 1.54) is 14.1 Å². The van der Waals surface area contributed by atoms with Crippen molar-refractivity contribution in [3.05, 3.63) is 55.4 Å². The van der Waals surface area contributed by atoms with Gasteiger partial charge < -0.3 is 5.32 Å². The van der Waals surface area contributed by atoms with Crippen LogP contribution in [0.5, 0.6) is 0 Å². The Bertz CT molecular complexity index is 1270. The highest BCUT2D eigenvalue weighted by atomic mass is 35.5. The van der Waals surface area contributed by atoms with Gasteiger partial charge >= 0.3 is 11.7 Å². The first-order chi connectivity index (χ1) is 13.6. The molecule has 0 radical (unpaired) electrons. The Morgan fingerprint density at radius 3 is 2.52 bits per heavy atom. The molecule has 2 N–H and O–H groups in total. The number of aromatic nitrogens is 4. The number of carbonyl (C=O) groups excluding carboxylic acids is 2. The Kier molecular flexibility index (Phi) is 5.29. The molecule has 0 aliphatic carbocycles. The number of benzene rings is 1. The molecule has 0 fully saturated rings. The van der Waals surface area contributed by atoms with Crippen molar-refractivity contribution in [2.75, 3.05) is 5.32 Å². The van der Waals surface area contributed by atoms with Crippen molar-refractivity contribution < 1.29 is 9.59 Å². The van der Waals surface area contributed by atoms with Gasteiger partial charge in [0.25, 0.3) is 5.56 Å². The van der Waals surface area contributed by atoms with Crippen molar-refractivity contribution in [3.8, 4) is 0 Å². The monoisotopic (exact) mass is 418 g/mol. The van der Waals surface area contributed by atoms with Gasteiger partial charge in [-0.05, 0) is 42.6 Å². The quantitative estimate of drug-likeness (QED) is 0.616. The normalized spacial score (nSPS) is 10.9. The van der Waals surface area contributed by atoms with Gasteiger partial charge in [0.05, 0.1) is 0 Å². The van der Waals surface area contributed by atoms with Crippen LogP contribution in [0.25, 0.3) is 11.2 Å². The molecule has 0 saturated heterocycles. The zero-order valence-electron chi connectivity index (χ0n) is 16.2. The highest BCUT2D eigenvalue weighted by Crippen LogP contribution is 2.18. The summed E-state index contributed by atoms with van der Waals surface area (Å²) in [6.45, 7) is 3.33. The number of urea groups is 1. The second-order valence-electron chi connectivity index (χ2n) is 6.59. The number of carbonyl (C=O) groups is 2. The number of nitrogens with zero attached hydrogens (tertiary/aromatic N) is 4. The van der Waals surface area contributed by atoms with Gasteiger partial charge in [-0.1, -0.05) is 12.1 Å². The van der Waals surface area contributed by atoms with Gasteiger partial charge in [-0.2, -0.15) is 4.98 Å². The molecule has 0 unspecified atom stereocenters. The van der Waals surface area contributed by atoms with Crippen LogP contribution in [-0.2, 0) is 25.4 Å². The Hall–Kier alpha value is -3.40. The van der Waals surface area contributed by atoms with Crippen molar-refractivity contribution in [2.24, 2.45) is 14.1 Å². The number of halogens is 1. The molecule has 0 spiro atoms. The van der Waals surface area contributed by atoms with Gasteiger partial charge in [0.15, 0.2) is 11.2 Å². The van der Waals surface area contributed by atoms with Gasteiger partial charge in [-0.25, -0.2) is 9.59 Å². The fourth-order valence-electron chi connectivity index (χ4n) is 2.91. The molecule has 29 heavy (non-hydrogen) atoms. The number of anilines is 1. The van der Waals surface area contributed by atoms with E-state index in [1.54, 1.807) is 12.1 Å². The fraction of sp³-hybridized carbons (Fsp3) is 0.278. The van der Waals surface area contributed by atoms with E-state index in [-0.39, 0.29) is 16.4 Å². The molecule has 0 atom stereocenters. The maximum atomic E-state index is 12.5. The predicted molar refractivity (Wildman–Crippen MR) is 108 cm³/mol. The lowest BCUT2D eigenvalue weighted by Crippen LogP contribution is -2.39. The topological polar surface area (TPSA) is 120 Å². The van der Waals surface area contributed by atoms with Crippen LogP contribution in [0.4, 0.5) is 10.5 Å². The van der Waals surface area contributed by atoms with E-state index < -0.39 is 29.7 Å². The molecule has 0 aliphatic heterocycles. The summed E-state index contributed by atoms with van der Waals surface area (Å²) in [6.07, 6.45) is 0. The number of hydrogen-bond donors (Lipinski definition) is 2. The average Bonchev–Trinajstić information content (AvgIpc) is 2.98. The molecule has 10 nitrogen and oxygen atoms in total. The molecule has 3 aromatic rings. The van der Waals surface area contributed by atoms with Crippen molar-refractivity contribution in [3.63, 3.8) is 0 Å². The zero-order valence-corrected chi connectivity index (χ0v) is 17.0. The Balaban J connectivity index is 1.84. The first kappa shape index (κ1) is 20.3. The van der Waals surface area contributed by atoms with Crippen LogP contribution < -0.4 is 21.9 Å². The largest absolute Gasteiger partial charge is 0.332 e. The van der Waals surface area contributed by atoms with Crippen molar-refractivity contribution in [2.45, 2.75) is 20.4 Å². The lowest BCUT2D eigenvalue weighted by molar-refractivity contribution is -0.120. The van der Waals surface area contributed by atoms with Crippen LogP contribution in [-0.4, -0.2) is 30.6 Å². The van der Waals surface area contributed by atoms with E-state index in [2.05, 4.69) is 15.6 Å². The van der Waals surface area contributed by atoms with Crippen LogP contribution in [0.1, 0.15) is 11.1 Å². The molecule has 11 heteroatoms. The van der Waals surface area contributed by atoms with Crippen molar-refractivity contribution in [1.29, 1.82) is 0 Å². The smallest absolute Gasteiger partial charge is 0.307 e. The number of amides is 3. The number of rotatable bonds is 3. The summed E-state index contributed by atoms with van der Waals surface area (Å²) in [6, 6.07) is 4.70. The van der Waals surface area contributed by atoms with Gasteiger partial charge in [-0.3, -0.25) is 28.6 Å². The van der Waals surface area contributed by atoms with E-state index in [4.69, 9.17) is 11.6 Å². The third kappa shape index (κ3) is 3.66. The standard InChI is InChI=1S/C18H19ClN6O4/c1-9-6-5-7-11(10(9)2)20-17(28)21-12(26)8-25-13-14(22-16(25)19)23(3)18(29)24(4)15(13)27/h5-7H,8H2,1-4H3,(H2,20,21,26,28). The van der Waals surface area contributed by atoms with E-state index in [9.17, 15) is 19.2 Å². The van der Waals surface area contributed by atoms with Crippen LogP contribution in [0.15, 0.2) is 27.8 Å². The summed E-state index contributed by atoms with van der Waals surface area (Å²) in [5.74, 6) is -0.704. The second-order valence-corrected chi connectivity index (χ2v) is 6.93. The van der Waals surface area contributed by atoms with Gasteiger partial charge in [-0.15, -0.1) is 0 Å². The number of imide groups is 1. The molecular weight excluding hydrogens is 400 g/mol. The molecule has 3 amide bonds. The number of aryl methyl sites for hydroxylation is 2. The van der Waals surface area contributed by atoms with E-state index in [1.807, 2.05) is 19.9 Å². The Labute approximate surface area is 169 Å². The minimum absolute atomic E-state index is 0.00955. The Morgan fingerprint density at radius 1 is 1.14 bits per heavy atom. The van der Waals surface area contributed by atoms with Crippen LogP contribution in [0.3, 0.4) is 0 Å².